The largest absolute Gasteiger partial charge is 0.481 e. The van der Waals surface area contributed by atoms with Crippen molar-refractivity contribution in [3.63, 3.8) is 0 Å². The number of nitrogens with zero attached hydrogens (tertiary/aromatic N) is 2. The maximum Gasteiger partial charge on any atom is 0.311 e. The van der Waals surface area contributed by atoms with E-state index in [0.29, 0.717) is 6.54 Å². The van der Waals surface area contributed by atoms with E-state index in [9.17, 15) is 9.90 Å². The molecule has 2 aliphatic rings. The van der Waals surface area contributed by atoms with Crippen LogP contribution in [0.3, 0.4) is 0 Å². The Hall–Kier alpha value is -2.05. The number of carbonyl (C=O) groups is 1. The van der Waals surface area contributed by atoms with E-state index in [0.717, 1.165) is 6.54 Å². The minimum absolute atomic E-state index is 0.226. The summed E-state index contributed by atoms with van der Waals surface area (Å²) in [6.07, 6.45) is 2.98. The summed E-state index contributed by atoms with van der Waals surface area (Å²) in [5, 5.41) is 10.9. The van der Waals surface area contributed by atoms with Gasteiger partial charge in [-0.15, -0.1) is 0 Å². The van der Waals surface area contributed by atoms with Gasteiger partial charge in [0.25, 0.3) is 0 Å². The summed E-state index contributed by atoms with van der Waals surface area (Å²) in [6.45, 7) is 1.27. The van der Waals surface area contributed by atoms with E-state index in [4.69, 9.17) is 4.84 Å². The first-order valence-corrected chi connectivity index (χ1v) is 6.13. The van der Waals surface area contributed by atoms with Gasteiger partial charge in [-0.2, -0.15) is 0 Å². The Bertz CT molecular complexity index is 489. The summed E-state index contributed by atoms with van der Waals surface area (Å²) in [5.41, 5.74) is 3.84. The maximum atomic E-state index is 11.2. The zero-order valence-electron chi connectivity index (χ0n) is 10.3. The Morgan fingerprint density at radius 1 is 1.42 bits per heavy atom. The Morgan fingerprint density at radius 2 is 2.21 bits per heavy atom. The van der Waals surface area contributed by atoms with Crippen LogP contribution in [-0.4, -0.2) is 33.7 Å². The smallest absolute Gasteiger partial charge is 0.311 e. The van der Waals surface area contributed by atoms with Crippen LogP contribution in [0, 0.1) is 5.92 Å². The molecule has 1 saturated heterocycles. The molecular weight excluding hydrogens is 246 g/mol. The SMILES string of the molecule is O=C(O)C1CN(Cc2ccccc2)C1N1C=CON1. The van der Waals surface area contributed by atoms with Gasteiger partial charge in [0.15, 0.2) is 0 Å². The van der Waals surface area contributed by atoms with Crippen LogP contribution in [0.25, 0.3) is 0 Å². The molecule has 0 saturated carbocycles. The number of hydrogen-bond acceptors (Lipinski definition) is 5. The summed E-state index contributed by atoms with van der Waals surface area (Å²) in [4.78, 5) is 18.2. The van der Waals surface area contributed by atoms with Crippen LogP contribution in [0.2, 0.25) is 0 Å². The number of carboxylic acid groups (broad SMARTS) is 1. The molecule has 2 aliphatic heterocycles. The van der Waals surface area contributed by atoms with Crippen molar-refractivity contribution in [2.24, 2.45) is 5.92 Å². The number of aliphatic carboxylic acids is 1. The summed E-state index contributed by atoms with van der Waals surface area (Å²) >= 11 is 0. The molecule has 1 fully saturated rings. The topological polar surface area (TPSA) is 65.0 Å². The van der Waals surface area contributed by atoms with Gasteiger partial charge in [-0.3, -0.25) is 14.7 Å². The van der Waals surface area contributed by atoms with Gasteiger partial charge in [0.2, 0.25) is 0 Å². The van der Waals surface area contributed by atoms with Crippen LogP contribution in [0.4, 0.5) is 0 Å². The fourth-order valence-corrected chi connectivity index (χ4v) is 2.48. The van der Waals surface area contributed by atoms with Gasteiger partial charge in [0, 0.05) is 13.1 Å². The van der Waals surface area contributed by atoms with Crippen LogP contribution in [0.1, 0.15) is 5.56 Å². The summed E-state index contributed by atoms with van der Waals surface area (Å²) in [7, 11) is 0. The van der Waals surface area contributed by atoms with Crippen molar-refractivity contribution in [3.8, 4) is 0 Å². The van der Waals surface area contributed by atoms with Crippen molar-refractivity contribution in [2.75, 3.05) is 6.54 Å². The molecule has 1 aromatic rings. The highest BCUT2D eigenvalue weighted by Gasteiger charge is 2.47. The summed E-state index contributed by atoms with van der Waals surface area (Å²) in [5.74, 6) is -1.20. The van der Waals surface area contributed by atoms with Gasteiger partial charge in [-0.25, -0.2) is 0 Å². The fraction of sp³-hybridized carbons (Fsp3) is 0.308. The number of rotatable bonds is 4. The summed E-state index contributed by atoms with van der Waals surface area (Å²) in [6, 6.07) is 10.0. The third kappa shape index (κ3) is 2.27. The van der Waals surface area contributed by atoms with Crippen molar-refractivity contribution in [2.45, 2.75) is 12.7 Å². The van der Waals surface area contributed by atoms with Gasteiger partial charge >= 0.3 is 5.97 Å². The van der Waals surface area contributed by atoms with Gasteiger partial charge in [-0.05, 0) is 5.56 Å². The second kappa shape index (κ2) is 4.91. The molecule has 2 N–H and O–H groups in total. The molecule has 0 bridgehead atoms. The van der Waals surface area contributed by atoms with Crippen molar-refractivity contribution in [1.82, 2.24) is 15.5 Å². The zero-order chi connectivity index (χ0) is 13.2. The number of hydrogen-bond donors (Lipinski definition) is 2. The maximum absolute atomic E-state index is 11.2. The monoisotopic (exact) mass is 261 g/mol. The quantitative estimate of drug-likeness (QED) is 0.834. The van der Waals surface area contributed by atoms with Crippen molar-refractivity contribution < 1.29 is 14.7 Å². The Balaban J connectivity index is 1.71. The molecule has 19 heavy (non-hydrogen) atoms. The number of nitrogens with one attached hydrogen (secondary N) is 1. The van der Waals surface area contributed by atoms with Crippen LogP contribution >= 0.6 is 0 Å². The van der Waals surface area contributed by atoms with E-state index in [1.807, 2.05) is 30.3 Å². The predicted octanol–water partition coefficient (Wildman–Crippen LogP) is 0.752. The van der Waals surface area contributed by atoms with Crippen molar-refractivity contribution in [1.29, 1.82) is 0 Å². The molecule has 0 radical (unpaired) electrons. The number of hydrazine groups is 1. The van der Waals surface area contributed by atoms with Crippen LogP contribution in [-0.2, 0) is 16.2 Å². The van der Waals surface area contributed by atoms with E-state index >= 15 is 0 Å². The van der Waals surface area contributed by atoms with Crippen LogP contribution in [0.5, 0.6) is 0 Å². The molecule has 6 heteroatoms. The van der Waals surface area contributed by atoms with E-state index in [1.54, 1.807) is 11.2 Å². The highest BCUT2D eigenvalue weighted by atomic mass is 16.7. The molecule has 0 aromatic heterocycles. The van der Waals surface area contributed by atoms with E-state index < -0.39 is 11.9 Å². The van der Waals surface area contributed by atoms with E-state index in [1.165, 1.54) is 11.8 Å². The molecule has 0 aliphatic carbocycles. The summed E-state index contributed by atoms with van der Waals surface area (Å²) < 4.78 is 0. The molecule has 2 heterocycles. The number of carboxylic acids is 1. The zero-order valence-corrected chi connectivity index (χ0v) is 10.3. The lowest BCUT2D eigenvalue weighted by Crippen LogP contribution is -2.66. The molecule has 1 aromatic carbocycles. The molecule has 2 atom stereocenters. The average Bonchev–Trinajstić information content (AvgIpc) is 2.88. The molecule has 3 rings (SSSR count). The fourth-order valence-electron chi connectivity index (χ4n) is 2.48. The minimum atomic E-state index is -0.781. The van der Waals surface area contributed by atoms with E-state index in [2.05, 4.69) is 10.5 Å². The second-order valence-corrected chi connectivity index (χ2v) is 4.67. The molecular formula is C13H15N3O3. The Morgan fingerprint density at radius 3 is 2.84 bits per heavy atom. The minimum Gasteiger partial charge on any atom is -0.481 e. The molecule has 0 spiro atoms. The lowest BCUT2D eigenvalue weighted by atomic mass is 9.93. The average molecular weight is 261 g/mol. The number of benzene rings is 1. The highest BCUT2D eigenvalue weighted by molar-refractivity contribution is 5.72. The normalized spacial score (nSPS) is 26.0. The van der Waals surface area contributed by atoms with Gasteiger partial charge in [0.05, 0.1) is 6.20 Å². The van der Waals surface area contributed by atoms with Crippen molar-refractivity contribution >= 4 is 5.97 Å². The lowest BCUT2D eigenvalue weighted by molar-refractivity contribution is -0.173. The standard InChI is InChI=1S/C13H15N3O3/c17-13(18)11-9-15(8-10-4-2-1-3-5-10)12(11)16-6-7-19-14-16/h1-7,11-12,14H,8-9H2,(H,17,18). The van der Waals surface area contributed by atoms with Crippen LogP contribution < -0.4 is 5.59 Å². The van der Waals surface area contributed by atoms with E-state index in [-0.39, 0.29) is 6.17 Å². The third-order valence-electron chi connectivity index (χ3n) is 3.44. The molecule has 0 amide bonds. The lowest BCUT2D eigenvalue weighted by Gasteiger charge is -2.49. The second-order valence-electron chi connectivity index (χ2n) is 4.67. The van der Waals surface area contributed by atoms with Gasteiger partial charge in [0.1, 0.15) is 18.3 Å². The van der Waals surface area contributed by atoms with Gasteiger partial charge in [-0.1, -0.05) is 35.9 Å². The first-order valence-electron chi connectivity index (χ1n) is 6.13. The third-order valence-corrected chi connectivity index (χ3v) is 3.44. The van der Waals surface area contributed by atoms with Crippen molar-refractivity contribution in [3.05, 3.63) is 48.4 Å². The Labute approximate surface area is 110 Å². The highest BCUT2D eigenvalue weighted by Crippen LogP contribution is 2.30. The Kier molecular flexibility index (Phi) is 3.10. The molecule has 100 valence electrons. The molecule has 6 nitrogen and oxygen atoms in total. The van der Waals surface area contributed by atoms with Crippen LogP contribution in [0.15, 0.2) is 42.8 Å². The first kappa shape index (κ1) is 12.0. The molecule has 2 unspecified atom stereocenters. The number of likely N-dealkylation sites (tertiary alicyclic amines) is 1. The first-order chi connectivity index (χ1) is 9.25. The predicted molar refractivity (Wildman–Crippen MR) is 67.0 cm³/mol. The van der Waals surface area contributed by atoms with Gasteiger partial charge < -0.3 is 9.94 Å².